The maximum Gasteiger partial charge on any atom is 0.244 e. The van der Waals surface area contributed by atoms with Crippen molar-refractivity contribution in [2.75, 3.05) is 13.2 Å². The van der Waals surface area contributed by atoms with Gasteiger partial charge in [0, 0.05) is 16.8 Å². The molecule has 2 bridgehead atoms. The molecule has 34 heavy (non-hydrogen) atoms. The highest BCUT2D eigenvalue weighted by atomic mass is 32.2. The Morgan fingerprint density at radius 2 is 1.82 bits per heavy atom. The maximum absolute atomic E-state index is 14.0. The standard InChI is InChI=1S/C26H45N3O4S/c1-9-13-27-20(31)17-18-22(33)29(16(10-2)14-30)19(26(18)12-11-25(17,8)34-26)21(32)28-24(6,7)15-23(3,4)5/h16-19,30H,9-15H2,1-8H3,(H,27,31)(H,28,32)/t16-,17-,18-,19?,25+,26?/m0/s1. The van der Waals surface area contributed by atoms with Crippen molar-refractivity contribution in [2.24, 2.45) is 17.3 Å². The number of aliphatic hydroxyl groups is 1. The molecule has 1 spiro atoms. The van der Waals surface area contributed by atoms with Crippen molar-refractivity contribution in [3.8, 4) is 0 Å². The Balaban J connectivity index is 2.03. The van der Waals surface area contributed by atoms with Crippen molar-refractivity contribution in [1.82, 2.24) is 15.5 Å². The summed E-state index contributed by atoms with van der Waals surface area (Å²) in [5.41, 5.74) is -0.431. The monoisotopic (exact) mass is 495 g/mol. The molecule has 0 aromatic rings. The lowest BCUT2D eigenvalue weighted by atomic mass is 9.66. The van der Waals surface area contributed by atoms with Crippen LogP contribution in [0, 0.1) is 17.3 Å². The molecular weight excluding hydrogens is 450 g/mol. The van der Waals surface area contributed by atoms with Gasteiger partial charge in [0.15, 0.2) is 0 Å². The van der Waals surface area contributed by atoms with Gasteiger partial charge in [0.25, 0.3) is 0 Å². The number of nitrogens with one attached hydrogen (secondary N) is 2. The molecule has 0 saturated carbocycles. The third kappa shape index (κ3) is 4.61. The molecule has 3 amide bonds. The van der Waals surface area contributed by atoms with Crippen LogP contribution < -0.4 is 10.6 Å². The van der Waals surface area contributed by atoms with Crippen LogP contribution in [-0.4, -0.2) is 68.0 Å². The lowest BCUT2D eigenvalue weighted by molar-refractivity contribution is -0.143. The van der Waals surface area contributed by atoms with Gasteiger partial charge in [-0.2, -0.15) is 0 Å². The van der Waals surface area contributed by atoms with E-state index in [0.717, 1.165) is 25.7 Å². The van der Waals surface area contributed by atoms with E-state index in [4.69, 9.17) is 0 Å². The lowest BCUT2D eigenvalue weighted by Crippen LogP contribution is -2.60. The van der Waals surface area contributed by atoms with E-state index in [0.29, 0.717) is 13.0 Å². The minimum atomic E-state index is -0.697. The SMILES string of the molecule is CCCNC(=O)[C@@H]1[C@H]2C(=O)N([C@@H](CC)CO)C(C(=O)NC(C)(C)CC(C)(C)C)C23CC[C@@]1(C)S3. The van der Waals surface area contributed by atoms with E-state index in [9.17, 15) is 19.5 Å². The van der Waals surface area contributed by atoms with Crippen molar-refractivity contribution < 1.29 is 19.5 Å². The van der Waals surface area contributed by atoms with E-state index in [1.165, 1.54) is 0 Å². The van der Waals surface area contributed by atoms with Crippen LogP contribution in [0.25, 0.3) is 0 Å². The summed E-state index contributed by atoms with van der Waals surface area (Å²) in [6.45, 7) is 16.9. The van der Waals surface area contributed by atoms with Gasteiger partial charge in [-0.05, 0) is 58.3 Å². The molecule has 3 fully saturated rings. The average molecular weight is 496 g/mol. The van der Waals surface area contributed by atoms with Crippen LogP contribution in [0.1, 0.15) is 87.5 Å². The molecule has 2 unspecified atom stereocenters. The zero-order chi connectivity index (χ0) is 25.7. The van der Waals surface area contributed by atoms with Gasteiger partial charge in [-0.25, -0.2) is 0 Å². The van der Waals surface area contributed by atoms with Gasteiger partial charge in [0.2, 0.25) is 17.7 Å². The molecule has 3 aliphatic heterocycles. The maximum atomic E-state index is 14.0. The van der Waals surface area contributed by atoms with Crippen LogP contribution in [0.15, 0.2) is 0 Å². The molecule has 3 N–H and O–H groups in total. The molecular formula is C26H45N3O4S. The van der Waals surface area contributed by atoms with E-state index in [2.05, 4.69) is 38.3 Å². The predicted octanol–water partition coefficient (Wildman–Crippen LogP) is 3.10. The number of fused-ring (bicyclic) bond motifs is 1. The van der Waals surface area contributed by atoms with E-state index in [-0.39, 0.29) is 34.5 Å². The fourth-order valence-corrected chi connectivity index (χ4v) is 9.34. The highest BCUT2D eigenvalue weighted by Crippen LogP contribution is 2.71. The van der Waals surface area contributed by atoms with Gasteiger partial charge in [-0.3, -0.25) is 14.4 Å². The second-order valence-corrected chi connectivity index (χ2v) is 14.5. The second kappa shape index (κ2) is 9.30. The van der Waals surface area contributed by atoms with Gasteiger partial charge in [0.05, 0.1) is 29.2 Å². The van der Waals surface area contributed by atoms with Crippen LogP contribution >= 0.6 is 11.8 Å². The molecule has 0 aliphatic carbocycles. The smallest absolute Gasteiger partial charge is 0.244 e. The first-order valence-corrected chi connectivity index (χ1v) is 13.7. The zero-order valence-corrected chi connectivity index (χ0v) is 23.1. The molecule has 194 valence electrons. The van der Waals surface area contributed by atoms with Crippen molar-refractivity contribution in [3.63, 3.8) is 0 Å². The van der Waals surface area contributed by atoms with Crippen LogP contribution in [0.5, 0.6) is 0 Å². The first kappa shape index (κ1) is 27.3. The highest BCUT2D eigenvalue weighted by Gasteiger charge is 2.77. The highest BCUT2D eigenvalue weighted by molar-refractivity contribution is 8.02. The summed E-state index contributed by atoms with van der Waals surface area (Å²) < 4.78 is -1.02. The van der Waals surface area contributed by atoms with Crippen LogP contribution in [0.2, 0.25) is 0 Å². The van der Waals surface area contributed by atoms with Crippen molar-refractivity contribution in [2.45, 2.75) is 115 Å². The molecule has 3 heterocycles. The minimum Gasteiger partial charge on any atom is -0.394 e. The number of nitrogens with zero attached hydrogens (tertiary/aromatic N) is 1. The number of carbonyl (C=O) groups is 3. The molecule has 0 radical (unpaired) electrons. The van der Waals surface area contributed by atoms with Gasteiger partial charge in [-0.1, -0.05) is 34.6 Å². The average Bonchev–Trinajstić information content (AvgIpc) is 3.26. The van der Waals surface area contributed by atoms with Gasteiger partial charge in [0.1, 0.15) is 6.04 Å². The Hall–Kier alpha value is -1.28. The number of amides is 3. The Bertz CT molecular complexity index is 821. The number of hydrogen-bond donors (Lipinski definition) is 3. The van der Waals surface area contributed by atoms with E-state index in [1.54, 1.807) is 16.7 Å². The number of carbonyl (C=O) groups excluding carboxylic acids is 3. The molecule has 0 aromatic carbocycles. The second-order valence-electron chi connectivity index (χ2n) is 12.6. The summed E-state index contributed by atoms with van der Waals surface area (Å²) in [6.07, 6.45) is 3.68. The number of likely N-dealkylation sites (tertiary alicyclic amines) is 1. The van der Waals surface area contributed by atoms with E-state index < -0.39 is 34.2 Å². The number of rotatable bonds is 9. The van der Waals surface area contributed by atoms with Gasteiger partial charge >= 0.3 is 0 Å². The molecule has 0 aromatic heterocycles. The Morgan fingerprint density at radius 1 is 1.18 bits per heavy atom. The minimum absolute atomic E-state index is 0.0241. The summed E-state index contributed by atoms with van der Waals surface area (Å²) in [5.74, 6) is -1.41. The predicted molar refractivity (Wildman–Crippen MR) is 136 cm³/mol. The summed E-state index contributed by atoms with van der Waals surface area (Å²) >= 11 is 1.68. The van der Waals surface area contributed by atoms with Crippen molar-refractivity contribution >= 4 is 29.5 Å². The first-order chi connectivity index (χ1) is 15.7. The van der Waals surface area contributed by atoms with E-state index >= 15 is 0 Å². The Kier molecular flexibility index (Phi) is 7.47. The number of aliphatic hydroxyl groups excluding tert-OH is 1. The number of hydrogen-bond acceptors (Lipinski definition) is 5. The fraction of sp³-hybridized carbons (Fsp3) is 0.885. The van der Waals surface area contributed by atoms with Gasteiger partial charge in [-0.15, -0.1) is 11.8 Å². The van der Waals surface area contributed by atoms with Crippen LogP contribution in [0.3, 0.4) is 0 Å². The molecule has 3 aliphatic rings. The Labute approximate surface area is 209 Å². The first-order valence-electron chi connectivity index (χ1n) is 12.9. The molecule has 3 saturated heterocycles. The third-order valence-corrected chi connectivity index (χ3v) is 9.79. The summed E-state index contributed by atoms with van der Waals surface area (Å²) in [6, 6.07) is -1.14. The molecule has 6 atom stereocenters. The van der Waals surface area contributed by atoms with E-state index in [1.807, 2.05) is 27.7 Å². The quantitative estimate of drug-likeness (QED) is 0.457. The normalized spacial score (nSPS) is 33.7. The summed E-state index contributed by atoms with van der Waals surface area (Å²) in [5, 5.41) is 16.4. The van der Waals surface area contributed by atoms with Crippen molar-refractivity contribution in [3.05, 3.63) is 0 Å². The summed E-state index contributed by atoms with van der Waals surface area (Å²) in [4.78, 5) is 43.0. The lowest BCUT2D eigenvalue weighted by Gasteiger charge is -2.40. The molecule has 7 nitrogen and oxygen atoms in total. The van der Waals surface area contributed by atoms with Crippen LogP contribution in [0.4, 0.5) is 0 Å². The fourth-order valence-electron chi connectivity index (χ4n) is 7.00. The zero-order valence-electron chi connectivity index (χ0n) is 22.3. The number of thioether (sulfide) groups is 1. The summed E-state index contributed by atoms with van der Waals surface area (Å²) in [7, 11) is 0. The van der Waals surface area contributed by atoms with Gasteiger partial charge < -0.3 is 20.6 Å². The third-order valence-electron chi connectivity index (χ3n) is 7.80. The van der Waals surface area contributed by atoms with Crippen LogP contribution in [-0.2, 0) is 14.4 Å². The Morgan fingerprint density at radius 3 is 2.35 bits per heavy atom. The topological polar surface area (TPSA) is 98.7 Å². The molecule has 3 rings (SSSR count). The van der Waals surface area contributed by atoms with Crippen molar-refractivity contribution in [1.29, 1.82) is 0 Å². The molecule has 8 heteroatoms. The largest absolute Gasteiger partial charge is 0.394 e.